The summed E-state index contributed by atoms with van der Waals surface area (Å²) in [5.41, 5.74) is 6.85. The summed E-state index contributed by atoms with van der Waals surface area (Å²) in [7, 11) is 0. The first-order valence-electron chi connectivity index (χ1n) is 5.35. The van der Waals surface area contributed by atoms with Gasteiger partial charge in [0.25, 0.3) is 0 Å². The van der Waals surface area contributed by atoms with Crippen LogP contribution in [0, 0.1) is 0 Å². The number of rotatable bonds is 1. The molecule has 0 aromatic carbocycles. The average molecular weight is 251 g/mol. The van der Waals surface area contributed by atoms with Gasteiger partial charge in [0.2, 0.25) is 0 Å². The summed E-state index contributed by atoms with van der Waals surface area (Å²) in [6.07, 6.45) is 3.50. The third kappa shape index (κ3) is 2.42. The van der Waals surface area contributed by atoms with Crippen molar-refractivity contribution in [1.82, 2.24) is 14.8 Å². The molecule has 4 nitrogen and oxygen atoms in total. The molecule has 0 saturated carbocycles. The predicted molar refractivity (Wildman–Crippen MR) is 69.5 cm³/mol. The van der Waals surface area contributed by atoms with Gasteiger partial charge in [-0.2, -0.15) is 0 Å². The molecule has 0 fully saturated rings. The van der Waals surface area contributed by atoms with Crippen molar-refractivity contribution in [3.05, 3.63) is 35.1 Å². The van der Waals surface area contributed by atoms with E-state index in [1.807, 2.05) is 18.3 Å². The molecule has 2 rings (SSSR count). The highest BCUT2D eigenvalue weighted by atomic mass is 35.5. The van der Waals surface area contributed by atoms with E-state index in [-0.39, 0.29) is 5.41 Å². The van der Waals surface area contributed by atoms with Gasteiger partial charge in [0.15, 0.2) is 11.6 Å². The Labute approximate surface area is 105 Å². The summed E-state index contributed by atoms with van der Waals surface area (Å²) in [6.45, 7) is 6.44. The van der Waals surface area contributed by atoms with Crippen LogP contribution in [-0.2, 0) is 5.41 Å². The summed E-state index contributed by atoms with van der Waals surface area (Å²) < 4.78 is 1.57. The molecule has 0 spiro atoms. The summed E-state index contributed by atoms with van der Waals surface area (Å²) in [5, 5.41) is 4.51. The SMILES string of the molecule is CC(C)(C)c1ccc(-n2cc(Cl)c(N)n2)nc1. The van der Waals surface area contributed by atoms with E-state index in [9.17, 15) is 0 Å². The molecule has 2 aromatic rings. The van der Waals surface area contributed by atoms with E-state index in [4.69, 9.17) is 17.3 Å². The molecule has 2 N–H and O–H groups in total. The number of nitrogen functional groups attached to an aromatic ring is 1. The summed E-state index contributed by atoms with van der Waals surface area (Å²) in [6, 6.07) is 3.94. The number of nitrogens with zero attached hydrogens (tertiary/aromatic N) is 3. The fourth-order valence-corrected chi connectivity index (χ4v) is 1.58. The molecule has 2 aromatic heterocycles. The minimum absolute atomic E-state index is 0.0896. The van der Waals surface area contributed by atoms with Gasteiger partial charge in [-0.3, -0.25) is 0 Å². The number of hydrogen-bond acceptors (Lipinski definition) is 3. The molecule has 0 bridgehead atoms. The zero-order valence-corrected chi connectivity index (χ0v) is 10.9. The van der Waals surface area contributed by atoms with Crippen LogP contribution in [0.2, 0.25) is 5.02 Å². The molecule has 5 heteroatoms. The molecule has 2 heterocycles. The van der Waals surface area contributed by atoms with Crippen molar-refractivity contribution in [2.24, 2.45) is 0 Å². The molecule has 0 atom stereocenters. The van der Waals surface area contributed by atoms with Gasteiger partial charge in [-0.05, 0) is 17.0 Å². The fourth-order valence-electron chi connectivity index (χ4n) is 1.45. The number of halogens is 1. The molecular weight excluding hydrogens is 236 g/mol. The van der Waals surface area contributed by atoms with Crippen LogP contribution in [0.5, 0.6) is 0 Å². The second-order valence-electron chi connectivity index (χ2n) is 4.96. The number of aromatic nitrogens is 3. The van der Waals surface area contributed by atoms with E-state index in [2.05, 4.69) is 30.9 Å². The van der Waals surface area contributed by atoms with Crippen LogP contribution in [0.3, 0.4) is 0 Å². The Hall–Kier alpha value is -1.55. The third-order valence-corrected chi connectivity index (χ3v) is 2.84. The van der Waals surface area contributed by atoms with E-state index in [1.165, 1.54) is 5.56 Å². The van der Waals surface area contributed by atoms with Gasteiger partial charge in [0.05, 0.1) is 6.20 Å². The third-order valence-electron chi connectivity index (χ3n) is 2.54. The minimum atomic E-state index is 0.0896. The van der Waals surface area contributed by atoms with E-state index in [0.29, 0.717) is 16.7 Å². The van der Waals surface area contributed by atoms with Crippen molar-refractivity contribution in [1.29, 1.82) is 0 Å². The van der Waals surface area contributed by atoms with E-state index < -0.39 is 0 Å². The Balaban J connectivity index is 2.36. The molecule has 17 heavy (non-hydrogen) atoms. The Morgan fingerprint density at radius 2 is 2.00 bits per heavy atom. The molecular formula is C12H15ClN4. The lowest BCUT2D eigenvalue weighted by molar-refractivity contribution is 0.586. The van der Waals surface area contributed by atoms with Crippen molar-refractivity contribution in [3.8, 4) is 5.82 Å². The van der Waals surface area contributed by atoms with Crippen molar-refractivity contribution in [2.75, 3.05) is 5.73 Å². The lowest BCUT2D eigenvalue weighted by Gasteiger charge is -2.18. The maximum atomic E-state index is 5.85. The van der Waals surface area contributed by atoms with E-state index >= 15 is 0 Å². The molecule has 0 unspecified atom stereocenters. The van der Waals surface area contributed by atoms with Gasteiger partial charge in [0.1, 0.15) is 5.02 Å². The first kappa shape index (κ1) is 11.9. The molecule has 0 amide bonds. The zero-order valence-electron chi connectivity index (χ0n) is 10.1. The van der Waals surface area contributed by atoms with Crippen LogP contribution >= 0.6 is 11.6 Å². The maximum absolute atomic E-state index is 5.85. The van der Waals surface area contributed by atoms with Crippen LogP contribution in [-0.4, -0.2) is 14.8 Å². The molecule has 0 saturated heterocycles. The minimum Gasteiger partial charge on any atom is -0.381 e. The summed E-state index contributed by atoms with van der Waals surface area (Å²) in [4.78, 5) is 4.36. The van der Waals surface area contributed by atoms with E-state index in [0.717, 1.165) is 0 Å². The van der Waals surface area contributed by atoms with Crippen LogP contribution in [0.15, 0.2) is 24.5 Å². The normalized spacial score (nSPS) is 11.8. The zero-order chi connectivity index (χ0) is 12.6. The molecule has 0 aliphatic carbocycles. The summed E-state index contributed by atoms with van der Waals surface area (Å²) in [5.74, 6) is 1.02. The molecule has 0 aliphatic rings. The van der Waals surface area contributed by atoms with E-state index in [1.54, 1.807) is 10.9 Å². The van der Waals surface area contributed by atoms with Crippen LogP contribution in [0.1, 0.15) is 26.3 Å². The van der Waals surface area contributed by atoms with Gasteiger partial charge < -0.3 is 5.73 Å². The van der Waals surface area contributed by atoms with Crippen molar-refractivity contribution in [2.45, 2.75) is 26.2 Å². The number of anilines is 1. The molecule has 90 valence electrons. The number of pyridine rings is 1. The Bertz CT molecular complexity index is 503. The first-order valence-corrected chi connectivity index (χ1v) is 5.73. The topological polar surface area (TPSA) is 56.7 Å². The van der Waals surface area contributed by atoms with Gasteiger partial charge >= 0.3 is 0 Å². The lowest BCUT2D eigenvalue weighted by Crippen LogP contribution is -2.12. The molecule has 0 radical (unpaired) electrons. The van der Waals surface area contributed by atoms with Crippen LogP contribution < -0.4 is 5.73 Å². The van der Waals surface area contributed by atoms with Gasteiger partial charge in [-0.25, -0.2) is 9.67 Å². The largest absolute Gasteiger partial charge is 0.381 e. The standard InChI is InChI=1S/C12H15ClN4/c1-12(2,3)8-4-5-10(15-6-8)17-7-9(13)11(14)16-17/h4-7H,1-3H3,(H2,14,16). The number of hydrogen-bond donors (Lipinski definition) is 1. The van der Waals surface area contributed by atoms with Crippen molar-refractivity contribution < 1.29 is 0 Å². The number of nitrogens with two attached hydrogens (primary N) is 1. The highest BCUT2D eigenvalue weighted by Crippen LogP contribution is 2.22. The highest BCUT2D eigenvalue weighted by Gasteiger charge is 2.14. The van der Waals surface area contributed by atoms with Crippen molar-refractivity contribution >= 4 is 17.4 Å². The maximum Gasteiger partial charge on any atom is 0.164 e. The second-order valence-corrected chi connectivity index (χ2v) is 5.37. The van der Waals surface area contributed by atoms with Gasteiger partial charge in [0, 0.05) is 6.20 Å². The monoisotopic (exact) mass is 250 g/mol. The lowest BCUT2D eigenvalue weighted by atomic mass is 9.88. The first-order chi connectivity index (χ1) is 7.88. The average Bonchev–Trinajstić information content (AvgIpc) is 2.58. The highest BCUT2D eigenvalue weighted by molar-refractivity contribution is 6.32. The Kier molecular flexibility index (Phi) is 2.83. The predicted octanol–water partition coefficient (Wildman–Crippen LogP) is 2.80. The fraction of sp³-hybridized carbons (Fsp3) is 0.333. The Morgan fingerprint density at radius 3 is 2.41 bits per heavy atom. The van der Waals surface area contributed by atoms with Gasteiger partial charge in [-0.1, -0.05) is 38.4 Å². The second kappa shape index (κ2) is 4.04. The molecule has 0 aliphatic heterocycles. The summed E-state index contributed by atoms with van der Waals surface area (Å²) >= 11 is 5.85. The smallest absolute Gasteiger partial charge is 0.164 e. The van der Waals surface area contributed by atoms with Crippen LogP contribution in [0.4, 0.5) is 5.82 Å². The van der Waals surface area contributed by atoms with Crippen LogP contribution in [0.25, 0.3) is 5.82 Å². The van der Waals surface area contributed by atoms with Crippen molar-refractivity contribution in [3.63, 3.8) is 0 Å². The Morgan fingerprint density at radius 1 is 1.29 bits per heavy atom. The quantitative estimate of drug-likeness (QED) is 0.847. The van der Waals surface area contributed by atoms with Gasteiger partial charge in [-0.15, -0.1) is 5.10 Å².